The van der Waals surface area contributed by atoms with Gasteiger partial charge >= 0.3 is 0 Å². The van der Waals surface area contributed by atoms with Crippen LogP contribution in [0.15, 0.2) is 71.9 Å². The lowest BCUT2D eigenvalue weighted by Gasteiger charge is -2.19. The Labute approximate surface area is 181 Å². The van der Waals surface area contributed by atoms with Crippen LogP contribution in [-0.4, -0.2) is 18.4 Å². The number of hydrogen-bond donors (Lipinski definition) is 2. The predicted octanol–water partition coefficient (Wildman–Crippen LogP) is 5.98. The molecule has 0 radical (unpaired) electrons. The van der Waals surface area contributed by atoms with Crippen molar-refractivity contribution in [3.05, 3.63) is 77.6 Å². The number of sulfonamides is 1. The molecule has 0 saturated carbocycles. The number of nitrogens with zero attached hydrogens (tertiary/aromatic N) is 1. The fraction of sp³-hybridized carbons (Fsp3) is 0.174. The number of aromatic nitrogens is 2. The van der Waals surface area contributed by atoms with Crippen molar-refractivity contribution < 1.29 is 8.42 Å². The van der Waals surface area contributed by atoms with Crippen molar-refractivity contribution in [3.63, 3.8) is 0 Å². The van der Waals surface area contributed by atoms with E-state index in [0.717, 1.165) is 22.2 Å². The average molecular weight is 440 g/mol. The lowest BCUT2D eigenvalue weighted by molar-refractivity contribution is 0.587. The molecular weight excluding hydrogens is 418 g/mol. The first-order chi connectivity index (χ1) is 14.1. The van der Waals surface area contributed by atoms with E-state index in [1.807, 2.05) is 24.3 Å². The van der Waals surface area contributed by atoms with E-state index in [4.69, 9.17) is 11.6 Å². The third-order valence-corrected chi connectivity index (χ3v) is 6.61. The Morgan fingerprint density at radius 2 is 1.73 bits per heavy atom. The number of benzene rings is 2. The quantitative estimate of drug-likeness (QED) is 0.410. The lowest BCUT2D eigenvalue weighted by atomic mass is 9.87. The molecule has 0 unspecified atom stereocenters. The monoisotopic (exact) mass is 439 g/mol. The zero-order valence-corrected chi connectivity index (χ0v) is 18.5. The summed E-state index contributed by atoms with van der Waals surface area (Å²) in [6.45, 7) is 6.26. The highest BCUT2D eigenvalue weighted by Crippen LogP contribution is 2.36. The largest absolute Gasteiger partial charge is 0.346 e. The molecule has 0 aliphatic carbocycles. The third kappa shape index (κ3) is 3.93. The second kappa shape index (κ2) is 7.45. The van der Waals surface area contributed by atoms with Crippen LogP contribution >= 0.6 is 11.6 Å². The Kier molecular flexibility index (Phi) is 5.08. The minimum atomic E-state index is -3.77. The molecule has 2 aromatic heterocycles. The molecule has 0 spiro atoms. The summed E-state index contributed by atoms with van der Waals surface area (Å²) in [4.78, 5) is 7.62. The van der Waals surface area contributed by atoms with Gasteiger partial charge in [-0.05, 0) is 53.4 Å². The smallest absolute Gasteiger partial charge is 0.261 e. The van der Waals surface area contributed by atoms with E-state index in [-0.39, 0.29) is 10.3 Å². The zero-order chi connectivity index (χ0) is 21.5. The molecule has 0 bridgehead atoms. The van der Waals surface area contributed by atoms with E-state index in [0.29, 0.717) is 16.3 Å². The molecule has 2 heterocycles. The second-order valence-corrected chi connectivity index (χ2v) is 10.3. The van der Waals surface area contributed by atoms with Gasteiger partial charge in [0.1, 0.15) is 5.65 Å². The van der Waals surface area contributed by atoms with Gasteiger partial charge in [-0.3, -0.25) is 4.72 Å². The van der Waals surface area contributed by atoms with Crippen LogP contribution in [0.4, 0.5) is 5.69 Å². The molecule has 5 nitrogen and oxygen atoms in total. The fourth-order valence-electron chi connectivity index (χ4n) is 3.34. The first kappa shape index (κ1) is 20.4. The van der Waals surface area contributed by atoms with E-state index < -0.39 is 10.0 Å². The van der Waals surface area contributed by atoms with E-state index in [9.17, 15) is 8.42 Å². The van der Waals surface area contributed by atoms with E-state index in [1.165, 1.54) is 0 Å². The van der Waals surface area contributed by atoms with Crippen LogP contribution in [0.25, 0.3) is 22.2 Å². The fourth-order valence-corrected chi connectivity index (χ4v) is 4.60. The number of H-pyrrole nitrogens is 1. The second-order valence-electron chi connectivity index (χ2n) is 8.17. The molecule has 0 aliphatic heterocycles. The van der Waals surface area contributed by atoms with Crippen LogP contribution in [-0.2, 0) is 15.4 Å². The molecule has 2 N–H and O–H groups in total. The van der Waals surface area contributed by atoms with Crippen molar-refractivity contribution in [2.75, 3.05) is 4.72 Å². The summed E-state index contributed by atoms with van der Waals surface area (Å²) >= 11 is 6.23. The molecule has 0 fully saturated rings. The van der Waals surface area contributed by atoms with Crippen molar-refractivity contribution >= 4 is 38.3 Å². The highest BCUT2D eigenvalue weighted by molar-refractivity contribution is 7.92. The third-order valence-electron chi connectivity index (χ3n) is 5.00. The molecule has 0 amide bonds. The molecule has 0 saturated heterocycles. The van der Waals surface area contributed by atoms with Gasteiger partial charge in [-0.2, -0.15) is 0 Å². The summed E-state index contributed by atoms with van der Waals surface area (Å²) in [6.07, 6.45) is 3.50. The first-order valence-corrected chi connectivity index (χ1v) is 11.4. The van der Waals surface area contributed by atoms with E-state index in [1.54, 1.807) is 42.7 Å². The number of rotatable bonds is 4. The summed E-state index contributed by atoms with van der Waals surface area (Å²) in [5.41, 5.74) is 3.68. The van der Waals surface area contributed by atoms with Gasteiger partial charge in [0.25, 0.3) is 10.0 Å². The minimum absolute atomic E-state index is 0.0531. The Bertz CT molecular complexity index is 1320. The van der Waals surface area contributed by atoms with Gasteiger partial charge in [-0.15, -0.1) is 0 Å². The molecule has 4 rings (SSSR count). The minimum Gasteiger partial charge on any atom is -0.346 e. The number of halogens is 1. The maximum Gasteiger partial charge on any atom is 0.261 e. The van der Waals surface area contributed by atoms with Crippen LogP contribution in [0.5, 0.6) is 0 Å². The van der Waals surface area contributed by atoms with Crippen molar-refractivity contribution in [3.8, 4) is 11.1 Å². The van der Waals surface area contributed by atoms with Crippen molar-refractivity contribution in [2.45, 2.75) is 31.1 Å². The van der Waals surface area contributed by atoms with Gasteiger partial charge in [-0.1, -0.05) is 44.5 Å². The standard InChI is InChI=1S/C23H22ClN3O2S/c1-23(2,3)15-6-9-17(10-7-15)30(28,29)27-21-11-8-16(24)13-19(21)20-14-26-22-18(20)5-4-12-25-22/h4-14,27H,1-3H3,(H,25,26). The average Bonchev–Trinajstić information content (AvgIpc) is 3.13. The number of aromatic amines is 1. The molecule has 4 aromatic rings. The van der Waals surface area contributed by atoms with Crippen LogP contribution in [0.3, 0.4) is 0 Å². The Morgan fingerprint density at radius 1 is 1.00 bits per heavy atom. The van der Waals surface area contributed by atoms with Gasteiger partial charge in [-0.25, -0.2) is 13.4 Å². The summed E-state index contributed by atoms with van der Waals surface area (Å²) in [7, 11) is -3.77. The van der Waals surface area contributed by atoms with Gasteiger partial charge in [0.2, 0.25) is 0 Å². The topological polar surface area (TPSA) is 74.8 Å². The van der Waals surface area contributed by atoms with Crippen LogP contribution in [0.2, 0.25) is 5.02 Å². The number of fused-ring (bicyclic) bond motifs is 1. The molecule has 7 heteroatoms. The maximum absolute atomic E-state index is 13.1. The number of nitrogens with one attached hydrogen (secondary N) is 2. The maximum atomic E-state index is 13.1. The molecule has 154 valence electrons. The number of anilines is 1. The molecule has 30 heavy (non-hydrogen) atoms. The van der Waals surface area contributed by atoms with Crippen molar-refractivity contribution in [1.82, 2.24) is 9.97 Å². The Hall–Kier alpha value is -2.83. The molecule has 0 aliphatic rings. The van der Waals surface area contributed by atoms with Gasteiger partial charge < -0.3 is 4.98 Å². The number of hydrogen-bond acceptors (Lipinski definition) is 3. The first-order valence-electron chi connectivity index (χ1n) is 9.50. The highest BCUT2D eigenvalue weighted by atomic mass is 35.5. The van der Waals surface area contributed by atoms with Crippen molar-refractivity contribution in [1.29, 1.82) is 0 Å². The SMILES string of the molecule is CC(C)(C)c1ccc(S(=O)(=O)Nc2ccc(Cl)cc2-c2c[nH]c3ncccc23)cc1. The van der Waals surface area contributed by atoms with Crippen LogP contribution in [0, 0.1) is 0 Å². The lowest BCUT2D eigenvalue weighted by Crippen LogP contribution is -2.15. The highest BCUT2D eigenvalue weighted by Gasteiger charge is 2.20. The normalized spacial score (nSPS) is 12.3. The van der Waals surface area contributed by atoms with Crippen molar-refractivity contribution in [2.24, 2.45) is 0 Å². The number of pyridine rings is 1. The van der Waals surface area contributed by atoms with Crippen LogP contribution < -0.4 is 4.72 Å². The Balaban J connectivity index is 1.75. The molecular formula is C23H22ClN3O2S. The van der Waals surface area contributed by atoms with Gasteiger partial charge in [0.15, 0.2) is 0 Å². The van der Waals surface area contributed by atoms with E-state index >= 15 is 0 Å². The van der Waals surface area contributed by atoms with E-state index in [2.05, 4.69) is 35.5 Å². The van der Waals surface area contributed by atoms with Gasteiger partial charge in [0.05, 0.1) is 10.6 Å². The summed E-state index contributed by atoms with van der Waals surface area (Å²) in [6, 6.07) is 15.8. The molecule has 2 aromatic carbocycles. The van der Waals surface area contributed by atoms with Crippen LogP contribution in [0.1, 0.15) is 26.3 Å². The Morgan fingerprint density at radius 3 is 2.43 bits per heavy atom. The van der Waals surface area contributed by atoms with Gasteiger partial charge in [0, 0.05) is 33.9 Å². The summed E-state index contributed by atoms with van der Waals surface area (Å²) in [5, 5.41) is 1.40. The predicted molar refractivity (Wildman–Crippen MR) is 122 cm³/mol. The summed E-state index contributed by atoms with van der Waals surface area (Å²) in [5.74, 6) is 0. The summed E-state index contributed by atoms with van der Waals surface area (Å²) < 4.78 is 28.9. The zero-order valence-electron chi connectivity index (χ0n) is 16.9. The molecule has 0 atom stereocenters.